The van der Waals surface area contributed by atoms with Crippen LogP contribution in [0.5, 0.6) is 11.6 Å². The number of ether oxygens (including phenoxy) is 2. The molecule has 5 nitrogen and oxygen atoms in total. The Hall–Kier alpha value is -1.95. The molecule has 21 heavy (non-hydrogen) atoms. The summed E-state index contributed by atoms with van der Waals surface area (Å²) < 4.78 is 10.6. The Kier molecular flexibility index (Phi) is 6.15. The molecule has 0 spiro atoms. The summed E-state index contributed by atoms with van der Waals surface area (Å²) in [5.74, 6) is 1.25. The molecule has 5 heteroatoms. The van der Waals surface area contributed by atoms with E-state index in [-0.39, 0.29) is 6.61 Å². The molecule has 0 saturated heterocycles. The Morgan fingerprint density at radius 3 is 2.48 bits per heavy atom. The fourth-order valence-electron chi connectivity index (χ4n) is 1.77. The van der Waals surface area contributed by atoms with Gasteiger partial charge in [0.15, 0.2) is 0 Å². The number of nitrogens with zero attached hydrogens (tertiary/aromatic N) is 1. The van der Waals surface area contributed by atoms with Gasteiger partial charge in [-0.3, -0.25) is 0 Å². The molecule has 0 bridgehead atoms. The van der Waals surface area contributed by atoms with Crippen molar-refractivity contribution in [1.29, 1.82) is 0 Å². The van der Waals surface area contributed by atoms with E-state index in [0.717, 1.165) is 24.2 Å². The minimum Gasteiger partial charge on any atom is -0.439 e. The van der Waals surface area contributed by atoms with Crippen molar-refractivity contribution in [2.75, 3.05) is 20.3 Å². The van der Waals surface area contributed by atoms with Gasteiger partial charge >= 0.3 is 0 Å². The number of aliphatic hydroxyl groups is 1. The van der Waals surface area contributed by atoms with Crippen LogP contribution < -0.4 is 10.1 Å². The molecule has 0 fully saturated rings. The van der Waals surface area contributed by atoms with Crippen LogP contribution >= 0.6 is 0 Å². The lowest BCUT2D eigenvalue weighted by Crippen LogP contribution is -2.18. The molecule has 0 radical (unpaired) electrons. The van der Waals surface area contributed by atoms with Gasteiger partial charge in [-0.15, -0.1) is 0 Å². The maximum absolute atomic E-state index is 8.99. The predicted molar refractivity (Wildman–Crippen MR) is 80.3 cm³/mol. The summed E-state index contributed by atoms with van der Waals surface area (Å²) in [7, 11) is 1.68. The minimum absolute atomic E-state index is 0.0310. The van der Waals surface area contributed by atoms with Crippen LogP contribution in [0.25, 0.3) is 0 Å². The van der Waals surface area contributed by atoms with Crippen LogP contribution in [0.3, 0.4) is 0 Å². The van der Waals surface area contributed by atoms with E-state index in [1.54, 1.807) is 13.3 Å². The smallest absolute Gasteiger partial charge is 0.219 e. The average Bonchev–Trinajstić information content (AvgIpc) is 2.54. The van der Waals surface area contributed by atoms with Gasteiger partial charge in [0.1, 0.15) is 5.75 Å². The maximum Gasteiger partial charge on any atom is 0.219 e. The maximum atomic E-state index is 8.99. The molecule has 0 aliphatic carbocycles. The third-order valence-electron chi connectivity index (χ3n) is 2.94. The topological polar surface area (TPSA) is 63.6 Å². The van der Waals surface area contributed by atoms with Crippen molar-refractivity contribution in [3.8, 4) is 11.6 Å². The van der Waals surface area contributed by atoms with Gasteiger partial charge < -0.3 is 19.9 Å². The van der Waals surface area contributed by atoms with Crippen LogP contribution in [-0.2, 0) is 17.9 Å². The molecule has 0 aliphatic heterocycles. The summed E-state index contributed by atoms with van der Waals surface area (Å²) in [5.41, 5.74) is 1.95. The van der Waals surface area contributed by atoms with Crippen LogP contribution in [0.1, 0.15) is 11.1 Å². The number of methoxy groups -OCH3 is 1. The van der Waals surface area contributed by atoms with Gasteiger partial charge in [-0.05, 0) is 23.3 Å². The number of aromatic nitrogens is 1. The zero-order chi connectivity index (χ0) is 14.9. The highest BCUT2D eigenvalue weighted by Gasteiger charge is 2.00. The molecule has 1 heterocycles. The number of hydrogen-bond acceptors (Lipinski definition) is 5. The second kappa shape index (κ2) is 8.36. The summed E-state index contributed by atoms with van der Waals surface area (Å²) >= 11 is 0. The van der Waals surface area contributed by atoms with Gasteiger partial charge in [-0.1, -0.05) is 18.2 Å². The first kappa shape index (κ1) is 15.4. The Labute approximate surface area is 124 Å². The number of hydrogen-bond donors (Lipinski definition) is 2. The lowest BCUT2D eigenvalue weighted by molar-refractivity contribution is 0.199. The van der Waals surface area contributed by atoms with E-state index >= 15 is 0 Å². The molecule has 0 saturated carbocycles. The van der Waals surface area contributed by atoms with Crippen molar-refractivity contribution >= 4 is 0 Å². The Morgan fingerprint density at radius 1 is 1.10 bits per heavy atom. The summed E-state index contributed by atoms with van der Waals surface area (Å²) in [4.78, 5) is 4.27. The third kappa shape index (κ3) is 5.15. The molecule has 112 valence electrons. The van der Waals surface area contributed by atoms with E-state index in [9.17, 15) is 0 Å². The normalized spacial score (nSPS) is 10.6. The van der Waals surface area contributed by atoms with Crippen molar-refractivity contribution in [3.05, 3.63) is 53.7 Å². The first-order valence-corrected chi connectivity index (χ1v) is 6.84. The molecule has 1 aromatic carbocycles. The van der Waals surface area contributed by atoms with Crippen molar-refractivity contribution in [2.45, 2.75) is 13.2 Å². The number of aliphatic hydroxyl groups excluding tert-OH is 1. The monoisotopic (exact) mass is 288 g/mol. The summed E-state index contributed by atoms with van der Waals surface area (Å²) in [6.07, 6.45) is 1.79. The third-order valence-corrected chi connectivity index (χ3v) is 2.94. The highest BCUT2D eigenvalue weighted by Crippen LogP contribution is 2.19. The van der Waals surface area contributed by atoms with E-state index in [2.05, 4.69) is 10.3 Å². The number of benzene rings is 1. The van der Waals surface area contributed by atoms with Gasteiger partial charge in [-0.2, -0.15) is 0 Å². The molecule has 0 amide bonds. The quantitative estimate of drug-likeness (QED) is 0.728. The van der Waals surface area contributed by atoms with Gasteiger partial charge in [0.2, 0.25) is 5.88 Å². The van der Waals surface area contributed by atoms with Crippen LogP contribution in [0.2, 0.25) is 0 Å². The highest BCUT2D eigenvalue weighted by molar-refractivity contribution is 5.30. The van der Waals surface area contributed by atoms with Crippen molar-refractivity contribution < 1.29 is 14.6 Å². The number of pyridine rings is 1. The molecule has 2 aromatic rings. The predicted octanol–water partition coefficient (Wildman–Crippen LogP) is 2.10. The van der Waals surface area contributed by atoms with Crippen molar-refractivity contribution in [1.82, 2.24) is 10.3 Å². The summed E-state index contributed by atoms with van der Waals surface area (Å²) in [6, 6.07) is 11.1. The fourth-order valence-corrected chi connectivity index (χ4v) is 1.77. The van der Waals surface area contributed by atoms with Crippen LogP contribution in [0.15, 0.2) is 42.6 Å². The van der Waals surface area contributed by atoms with E-state index in [0.29, 0.717) is 18.2 Å². The summed E-state index contributed by atoms with van der Waals surface area (Å²) in [5, 5.41) is 12.2. The molecule has 0 aliphatic rings. The number of rotatable bonds is 8. The summed E-state index contributed by atoms with van der Waals surface area (Å²) in [6.45, 7) is 2.29. The lowest BCUT2D eigenvalue weighted by Gasteiger charge is -2.07. The van der Waals surface area contributed by atoms with Gasteiger partial charge in [0.25, 0.3) is 0 Å². The molecular weight excluding hydrogens is 268 g/mol. The van der Waals surface area contributed by atoms with Crippen LogP contribution in [0.4, 0.5) is 0 Å². The Bertz CT molecular complexity index is 526. The average molecular weight is 288 g/mol. The highest BCUT2D eigenvalue weighted by atomic mass is 16.5. The Balaban J connectivity index is 1.86. The molecule has 0 unspecified atom stereocenters. The first-order chi connectivity index (χ1) is 10.3. The van der Waals surface area contributed by atoms with Crippen LogP contribution in [0, 0.1) is 0 Å². The Morgan fingerprint density at radius 2 is 1.86 bits per heavy atom. The van der Waals surface area contributed by atoms with E-state index in [4.69, 9.17) is 14.6 Å². The second-order valence-electron chi connectivity index (χ2n) is 4.58. The molecule has 2 N–H and O–H groups in total. The van der Waals surface area contributed by atoms with E-state index < -0.39 is 0 Å². The van der Waals surface area contributed by atoms with Gasteiger partial charge in [0.05, 0.1) is 13.2 Å². The molecule has 0 atom stereocenters. The van der Waals surface area contributed by atoms with Gasteiger partial charge in [-0.25, -0.2) is 4.98 Å². The zero-order valence-corrected chi connectivity index (χ0v) is 12.1. The zero-order valence-electron chi connectivity index (χ0n) is 12.1. The van der Waals surface area contributed by atoms with Crippen molar-refractivity contribution in [2.24, 2.45) is 0 Å². The number of nitrogens with one attached hydrogen (secondary N) is 1. The first-order valence-electron chi connectivity index (χ1n) is 6.84. The van der Waals surface area contributed by atoms with Crippen LogP contribution in [-0.4, -0.2) is 30.4 Å². The second-order valence-corrected chi connectivity index (χ2v) is 4.58. The molecular formula is C16H20N2O3. The molecule has 1 aromatic heterocycles. The fraction of sp³-hybridized carbons (Fsp3) is 0.312. The minimum atomic E-state index is 0.0310. The SMILES string of the molecule is COCCNCc1ccc(Oc2ccc(CO)cc2)nc1. The van der Waals surface area contributed by atoms with Gasteiger partial charge in [0, 0.05) is 32.5 Å². The standard InChI is InChI=1S/C16H20N2O3/c1-20-9-8-17-10-14-4-7-16(18-11-14)21-15-5-2-13(12-19)3-6-15/h2-7,11,17,19H,8-10,12H2,1H3. The van der Waals surface area contributed by atoms with E-state index in [1.807, 2.05) is 36.4 Å². The van der Waals surface area contributed by atoms with Crippen molar-refractivity contribution in [3.63, 3.8) is 0 Å². The van der Waals surface area contributed by atoms with E-state index in [1.165, 1.54) is 0 Å². The lowest BCUT2D eigenvalue weighted by atomic mass is 10.2. The largest absolute Gasteiger partial charge is 0.439 e. The molecule has 2 rings (SSSR count).